The van der Waals surface area contributed by atoms with E-state index in [1.807, 2.05) is 6.07 Å². The van der Waals surface area contributed by atoms with Crippen molar-refractivity contribution in [3.05, 3.63) is 34.3 Å². The molecule has 0 aliphatic carbocycles. The molecule has 0 radical (unpaired) electrons. The van der Waals surface area contributed by atoms with Gasteiger partial charge in [-0.2, -0.15) is 4.99 Å². The second-order valence-corrected chi connectivity index (χ2v) is 5.47. The first kappa shape index (κ1) is 13.9. The molecule has 2 rings (SSSR count). The van der Waals surface area contributed by atoms with Crippen molar-refractivity contribution in [1.29, 1.82) is 0 Å². The molecule has 0 saturated heterocycles. The first-order valence-corrected chi connectivity index (χ1v) is 6.70. The monoisotopic (exact) mass is 323 g/mol. The lowest BCUT2D eigenvalue weighted by atomic mass is 9.96. The number of halogens is 1. The van der Waals surface area contributed by atoms with Gasteiger partial charge in [0.05, 0.1) is 0 Å². The average molecular weight is 324 g/mol. The van der Waals surface area contributed by atoms with Crippen molar-refractivity contribution in [3.8, 4) is 0 Å². The molecule has 1 aliphatic rings. The van der Waals surface area contributed by atoms with E-state index in [-0.39, 0.29) is 11.9 Å². The molecule has 5 nitrogen and oxygen atoms in total. The average Bonchev–Trinajstić information content (AvgIpc) is 2.26. The summed E-state index contributed by atoms with van der Waals surface area (Å²) in [6, 6.07) is 6.93. The summed E-state index contributed by atoms with van der Waals surface area (Å²) < 4.78 is 0.816. The Kier molecular flexibility index (Phi) is 4.11. The van der Waals surface area contributed by atoms with Gasteiger partial charge in [0.25, 0.3) is 5.91 Å². The van der Waals surface area contributed by atoms with Gasteiger partial charge in [0.2, 0.25) is 5.91 Å². The summed E-state index contributed by atoms with van der Waals surface area (Å²) >= 11 is 3.32. The van der Waals surface area contributed by atoms with Crippen LogP contribution in [-0.2, 0) is 9.59 Å². The van der Waals surface area contributed by atoms with Gasteiger partial charge in [-0.3, -0.25) is 9.59 Å². The summed E-state index contributed by atoms with van der Waals surface area (Å²) in [5.74, 6) is -1.34. The van der Waals surface area contributed by atoms with Crippen LogP contribution in [0.3, 0.4) is 0 Å². The molecular formula is C13H14BrN3O2. The Morgan fingerprint density at radius 2 is 2.21 bits per heavy atom. The maximum Gasteiger partial charge on any atom is 0.264 e. The number of amidine groups is 1. The van der Waals surface area contributed by atoms with Crippen molar-refractivity contribution < 1.29 is 9.59 Å². The van der Waals surface area contributed by atoms with Crippen LogP contribution >= 0.6 is 15.9 Å². The zero-order chi connectivity index (χ0) is 14.0. The van der Waals surface area contributed by atoms with E-state index in [1.165, 1.54) is 0 Å². The number of carbonyl (C=O) groups is 2. The van der Waals surface area contributed by atoms with Crippen molar-refractivity contribution in [1.82, 2.24) is 5.32 Å². The lowest BCUT2D eigenvalue weighted by Crippen LogP contribution is -2.44. The third kappa shape index (κ3) is 3.27. The molecule has 6 heteroatoms. The van der Waals surface area contributed by atoms with Crippen LogP contribution in [0, 0.1) is 0 Å². The Morgan fingerprint density at radius 3 is 2.79 bits per heavy atom. The highest BCUT2D eigenvalue weighted by Crippen LogP contribution is 2.23. The van der Waals surface area contributed by atoms with Crippen molar-refractivity contribution in [2.75, 3.05) is 0 Å². The van der Waals surface area contributed by atoms with Gasteiger partial charge in [-0.05, 0) is 24.6 Å². The van der Waals surface area contributed by atoms with Crippen LogP contribution in [0.4, 0.5) is 0 Å². The molecule has 1 aromatic carbocycles. The second kappa shape index (κ2) is 5.63. The molecule has 2 amide bonds. The van der Waals surface area contributed by atoms with Gasteiger partial charge in [0.15, 0.2) is 0 Å². The van der Waals surface area contributed by atoms with E-state index in [0.29, 0.717) is 17.8 Å². The fraction of sp³-hybridized carbons (Fsp3) is 0.308. The lowest BCUT2D eigenvalue weighted by molar-refractivity contribution is -0.129. The summed E-state index contributed by atoms with van der Waals surface area (Å²) in [6.07, 6.45) is 0.378. The van der Waals surface area contributed by atoms with Gasteiger partial charge in [-0.1, -0.05) is 28.1 Å². The van der Waals surface area contributed by atoms with Gasteiger partial charge in [-0.15, -0.1) is 0 Å². The Hall–Kier alpha value is -1.53. The van der Waals surface area contributed by atoms with Crippen molar-refractivity contribution >= 4 is 33.6 Å². The van der Waals surface area contributed by atoms with E-state index in [2.05, 4.69) is 26.2 Å². The predicted octanol–water partition coefficient (Wildman–Crippen LogP) is 1.32. The minimum absolute atomic E-state index is 0.158. The molecule has 0 saturated carbocycles. The summed E-state index contributed by atoms with van der Waals surface area (Å²) in [7, 11) is 0. The Labute approximate surface area is 119 Å². The molecule has 0 bridgehead atoms. The number of aliphatic imine (C=N–C) groups is 1. The summed E-state index contributed by atoms with van der Waals surface area (Å²) in [5, 5.41) is 2.64. The summed E-state index contributed by atoms with van der Waals surface area (Å²) in [4.78, 5) is 28.0. The highest BCUT2D eigenvalue weighted by Gasteiger charge is 2.33. The maximum absolute atomic E-state index is 12.0. The molecule has 1 aliphatic heterocycles. The molecule has 100 valence electrons. The third-order valence-corrected chi connectivity index (χ3v) is 3.21. The van der Waals surface area contributed by atoms with Crippen LogP contribution in [0.25, 0.3) is 0 Å². The van der Waals surface area contributed by atoms with Gasteiger partial charge in [0.1, 0.15) is 11.8 Å². The van der Waals surface area contributed by atoms with E-state index in [9.17, 15) is 9.59 Å². The van der Waals surface area contributed by atoms with Gasteiger partial charge in [0, 0.05) is 16.9 Å². The number of benzene rings is 1. The van der Waals surface area contributed by atoms with Crippen molar-refractivity contribution in [3.63, 3.8) is 0 Å². The molecule has 0 aromatic heterocycles. The Morgan fingerprint density at radius 1 is 1.47 bits per heavy atom. The fourth-order valence-electron chi connectivity index (χ4n) is 1.93. The second-order valence-electron chi connectivity index (χ2n) is 4.56. The van der Waals surface area contributed by atoms with Crippen molar-refractivity contribution in [2.24, 2.45) is 10.7 Å². The third-order valence-electron chi connectivity index (χ3n) is 2.72. The minimum Gasteiger partial charge on any atom is -0.328 e. The first-order chi connectivity index (χ1) is 8.97. The van der Waals surface area contributed by atoms with Crippen LogP contribution < -0.4 is 11.1 Å². The number of nitrogens with zero attached hydrogens (tertiary/aromatic N) is 1. The quantitative estimate of drug-likeness (QED) is 0.823. The van der Waals surface area contributed by atoms with Crippen LogP contribution in [0.5, 0.6) is 0 Å². The highest BCUT2D eigenvalue weighted by atomic mass is 79.9. The number of amides is 2. The molecule has 3 N–H and O–H groups in total. The number of carbonyl (C=O) groups excluding carboxylic acids is 2. The summed E-state index contributed by atoms with van der Waals surface area (Å²) in [6.45, 7) is 1.79. The molecule has 0 fully saturated rings. The van der Waals surface area contributed by atoms with Gasteiger partial charge >= 0.3 is 0 Å². The lowest BCUT2D eigenvalue weighted by Gasteiger charge is -2.21. The minimum atomic E-state index is -0.880. The topological polar surface area (TPSA) is 84.5 Å². The normalized spacial score (nSPS) is 20.8. The Balaban J connectivity index is 2.27. The summed E-state index contributed by atoms with van der Waals surface area (Å²) in [5.41, 5.74) is 6.26. The van der Waals surface area contributed by atoms with E-state index < -0.39 is 11.8 Å². The molecule has 19 heavy (non-hydrogen) atoms. The zero-order valence-electron chi connectivity index (χ0n) is 10.4. The number of rotatable bonds is 3. The molecular weight excluding hydrogens is 310 g/mol. The van der Waals surface area contributed by atoms with Crippen molar-refractivity contribution in [2.45, 2.75) is 25.3 Å². The molecule has 0 spiro atoms. The smallest absolute Gasteiger partial charge is 0.264 e. The number of nitrogens with two attached hydrogens (primary N) is 1. The maximum atomic E-state index is 12.0. The largest absolute Gasteiger partial charge is 0.328 e. The van der Waals surface area contributed by atoms with E-state index in [0.717, 1.165) is 4.47 Å². The van der Waals surface area contributed by atoms with E-state index >= 15 is 0 Å². The number of hydrogen-bond acceptors (Lipinski definition) is 3. The molecule has 2 unspecified atom stereocenters. The number of hydrogen-bond donors (Lipinski definition) is 2. The molecule has 2 atom stereocenters. The fourth-order valence-corrected chi connectivity index (χ4v) is 2.35. The van der Waals surface area contributed by atoms with Crippen LogP contribution in [0.15, 0.2) is 33.7 Å². The van der Waals surface area contributed by atoms with Crippen LogP contribution in [0.2, 0.25) is 0 Å². The predicted molar refractivity (Wildman–Crippen MR) is 75.7 cm³/mol. The molecule has 1 aromatic rings. The molecule has 1 heterocycles. The van der Waals surface area contributed by atoms with Crippen LogP contribution in [0.1, 0.15) is 24.8 Å². The number of nitrogens with one attached hydrogen (secondary N) is 1. The van der Waals surface area contributed by atoms with E-state index in [1.54, 1.807) is 25.1 Å². The van der Waals surface area contributed by atoms with Gasteiger partial charge in [-0.25, -0.2) is 0 Å². The van der Waals surface area contributed by atoms with E-state index in [4.69, 9.17) is 5.73 Å². The zero-order valence-corrected chi connectivity index (χ0v) is 12.0. The highest BCUT2D eigenvalue weighted by molar-refractivity contribution is 9.10. The Bertz CT molecular complexity index is 555. The standard InChI is InChI=1S/C13H14BrN3O2/c1-7(15)5-10-16-12(18)11(13(19)17-10)8-3-2-4-9(14)6-8/h2-4,6-7,11H,5,15H2,1H3,(H,16,17,18,19). The van der Waals surface area contributed by atoms with Crippen LogP contribution in [-0.4, -0.2) is 23.7 Å². The first-order valence-electron chi connectivity index (χ1n) is 5.90. The van der Waals surface area contributed by atoms with Gasteiger partial charge < -0.3 is 11.1 Å². The SMILES string of the molecule is CC(N)CC1=NC(=O)C(c2cccc(Br)c2)C(=O)N1.